The Labute approximate surface area is 85.9 Å². The van der Waals surface area contributed by atoms with Crippen molar-refractivity contribution in [3.05, 3.63) is 22.4 Å². The van der Waals surface area contributed by atoms with Gasteiger partial charge in [0.05, 0.1) is 18.4 Å². The van der Waals surface area contributed by atoms with Crippen LogP contribution >= 0.6 is 11.3 Å². The Kier molecular flexibility index (Phi) is 4.12. The fourth-order valence-electron chi connectivity index (χ4n) is 0.875. The molecule has 4 nitrogen and oxygen atoms in total. The SMILES string of the molecule is COC(=O)CCNC(=O)c1cccs1. The van der Waals surface area contributed by atoms with E-state index in [-0.39, 0.29) is 18.3 Å². The van der Waals surface area contributed by atoms with Gasteiger partial charge in [-0.3, -0.25) is 9.59 Å². The number of ether oxygens (including phenoxy) is 1. The van der Waals surface area contributed by atoms with Crippen LogP contribution in [0.3, 0.4) is 0 Å². The Balaban J connectivity index is 2.26. The van der Waals surface area contributed by atoms with Gasteiger partial charge in [0.15, 0.2) is 0 Å². The first kappa shape index (κ1) is 10.7. The maximum absolute atomic E-state index is 11.3. The highest BCUT2D eigenvalue weighted by atomic mass is 32.1. The van der Waals surface area contributed by atoms with Crippen LogP contribution in [0.1, 0.15) is 16.1 Å². The highest BCUT2D eigenvalue weighted by Crippen LogP contribution is 2.07. The second kappa shape index (κ2) is 5.39. The lowest BCUT2D eigenvalue weighted by Crippen LogP contribution is -2.25. The van der Waals surface area contributed by atoms with Crippen LogP contribution in [0.15, 0.2) is 17.5 Å². The summed E-state index contributed by atoms with van der Waals surface area (Å²) in [7, 11) is 1.32. The predicted octanol–water partition coefficient (Wildman–Crippen LogP) is 1.04. The van der Waals surface area contributed by atoms with Crippen LogP contribution in [0, 0.1) is 0 Å². The van der Waals surface area contributed by atoms with Gasteiger partial charge in [-0.05, 0) is 11.4 Å². The summed E-state index contributed by atoms with van der Waals surface area (Å²) in [5.74, 6) is -0.472. The molecule has 0 bridgehead atoms. The Morgan fingerprint density at radius 3 is 2.93 bits per heavy atom. The molecule has 0 fully saturated rings. The molecule has 0 spiro atoms. The predicted molar refractivity (Wildman–Crippen MR) is 53.3 cm³/mol. The van der Waals surface area contributed by atoms with Crippen LogP contribution in [-0.2, 0) is 9.53 Å². The molecule has 1 N–H and O–H groups in total. The van der Waals surface area contributed by atoms with E-state index < -0.39 is 0 Å². The Morgan fingerprint density at radius 2 is 2.36 bits per heavy atom. The first-order valence-electron chi connectivity index (χ1n) is 4.12. The lowest BCUT2D eigenvalue weighted by Gasteiger charge is -2.01. The number of amides is 1. The molecule has 0 aromatic carbocycles. The molecule has 0 saturated carbocycles. The topological polar surface area (TPSA) is 55.4 Å². The molecule has 1 rings (SSSR count). The maximum Gasteiger partial charge on any atom is 0.307 e. The summed E-state index contributed by atoms with van der Waals surface area (Å²) < 4.78 is 4.44. The van der Waals surface area contributed by atoms with Gasteiger partial charge < -0.3 is 10.1 Å². The van der Waals surface area contributed by atoms with E-state index in [0.29, 0.717) is 11.4 Å². The molecule has 5 heteroatoms. The average Bonchev–Trinajstić information content (AvgIpc) is 2.70. The van der Waals surface area contributed by atoms with Gasteiger partial charge in [0.1, 0.15) is 0 Å². The molecular formula is C9H11NO3S. The van der Waals surface area contributed by atoms with E-state index in [1.54, 1.807) is 12.1 Å². The minimum absolute atomic E-state index is 0.149. The molecule has 0 aliphatic rings. The molecule has 0 saturated heterocycles. The standard InChI is InChI=1S/C9H11NO3S/c1-13-8(11)4-5-10-9(12)7-3-2-6-14-7/h2-3,6H,4-5H2,1H3,(H,10,12). The quantitative estimate of drug-likeness (QED) is 0.760. The number of hydrogen-bond acceptors (Lipinski definition) is 4. The highest BCUT2D eigenvalue weighted by Gasteiger charge is 2.06. The minimum Gasteiger partial charge on any atom is -0.469 e. The van der Waals surface area contributed by atoms with Crippen molar-refractivity contribution in [2.24, 2.45) is 0 Å². The molecule has 0 unspecified atom stereocenters. The summed E-state index contributed by atoms with van der Waals surface area (Å²) in [4.78, 5) is 22.7. The zero-order valence-electron chi connectivity index (χ0n) is 7.78. The molecule has 0 aliphatic heterocycles. The molecule has 14 heavy (non-hydrogen) atoms. The zero-order valence-corrected chi connectivity index (χ0v) is 8.60. The van der Waals surface area contributed by atoms with Crippen LogP contribution in [0.5, 0.6) is 0 Å². The van der Waals surface area contributed by atoms with E-state index in [4.69, 9.17) is 0 Å². The maximum atomic E-state index is 11.3. The van der Waals surface area contributed by atoms with Crippen LogP contribution in [0.4, 0.5) is 0 Å². The van der Waals surface area contributed by atoms with Gasteiger partial charge in [-0.1, -0.05) is 6.07 Å². The Hall–Kier alpha value is -1.36. The second-order valence-corrected chi connectivity index (χ2v) is 3.51. The largest absolute Gasteiger partial charge is 0.469 e. The lowest BCUT2D eigenvalue weighted by molar-refractivity contribution is -0.140. The molecule has 1 aromatic rings. The molecule has 76 valence electrons. The van der Waals surface area contributed by atoms with E-state index in [9.17, 15) is 9.59 Å². The van der Waals surface area contributed by atoms with Gasteiger partial charge in [-0.15, -0.1) is 11.3 Å². The van der Waals surface area contributed by atoms with Gasteiger partial charge in [0.25, 0.3) is 5.91 Å². The molecule has 1 heterocycles. The summed E-state index contributed by atoms with van der Waals surface area (Å²) in [6.45, 7) is 0.309. The number of rotatable bonds is 4. The number of hydrogen-bond donors (Lipinski definition) is 1. The molecule has 0 radical (unpaired) electrons. The number of nitrogens with one attached hydrogen (secondary N) is 1. The van der Waals surface area contributed by atoms with Crippen molar-refractivity contribution in [2.45, 2.75) is 6.42 Å². The van der Waals surface area contributed by atoms with Crippen molar-refractivity contribution in [1.29, 1.82) is 0 Å². The number of thiophene rings is 1. The van der Waals surface area contributed by atoms with Crippen molar-refractivity contribution >= 4 is 23.2 Å². The summed E-state index contributed by atoms with van der Waals surface area (Å²) in [6, 6.07) is 3.54. The first-order valence-corrected chi connectivity index (χ1v) is 5.00. The molecule has 1 aromatic heterocycles. The first-order chi connectivity index (χ1) is 6.74. The summed E-state index contributed by atoms with van der Waals surface area (Å²) >= 11 is 1.37. The van der Waals surface area contributed by atoms with E-state index >= 15 is 0 Å². The monoisotopic (exact) mass is 213 g/mol. The van der Waals surface area contributed by atoms with Crippen LogP contribution in [0.25, 0.3) is 0 Å². The van der Waals surface area contributed by atoms with Crippen LogP contribution < -0.4 is 5.32 Å². The van der Waals surface area contributed by atoms with Crippen molar-refractivity contribution in [3.8, 4) is 0 Å². The minimum atomic E-state index is -0.323. The molecule has 1 amide bonds. The number of esters is 1. The lowest BCUT2D eigenvalue weighted by atomic mass is 10.4. The molecule has 0 aliphatic carbocycles. The van der Waals surface area contributed by atoms with E-state index in [1.807, 2.05) is 5.38 Å². The number of carbonyl (C=O) groups excluding carboxylic acids is 2. The third-order valence-corrected chi connectivity index (χ3v) is 2.46. The van der Waals surface area contributed by atoms with Crippen molar-refractivity contribution < 1.29 is 14.3 Å². The average molecular weight is 213 g/mol. The zero-order chi connectivity index (χ0) is 10.4. The Morgan fingerprint density at radius 1 is 1.57 bits per heavy atom. The van der Waals surface area contributed by atoms with E-state index in [0.717, 1.165) is 0 Å². The molecule has 0 atom stereocenters. The second-order valence-electron chi connectivity index (χ2n) is 2.56. The number of methoxy groups -OCH3 is 1. The smallest absolute Gasteiger partial charge is 0.307 e. The van der Waals surface area contributed by atoms with Gasteiger partial charge in [0.2, 0.25) is 0 Å². The third-order valence-electron chi connectivity index (χ3n) is 1.59. The van der Waals surface area contributed by atoms with E-state index in [1.165, 1.54) is 18.4 Å². The normalized spacial score (nSPS) is 9.50. The van der Waals surface area contributed by atoms with Gasteiger partial charge >= 0.3 is 5.97 Å². The number of carbonyl (C=O) groups is 2. The fraction of sp³-hybridized carbons (Fsp3) is 0.333. The van der Waals surface area contributed by atoms with Crippen molar-refractivity contribution in [1.82, 2.24) is 5.32 Å². The fourth-order valence-corrected chi connectivity index (χ4v) is 1.52. The summed E-state index contributed by atoms with van der Waals surface area (Å²) in [5.41, 5.74) is 0. The highest BCUT2D eigenvalue weighted by molar-refractivity contribution is 7.12. The molecular weight excluding hydrogens is 202 g/mol. The Bertz CT molecular complexity index is 308. The van der Waals surface area contributed by atoms with E-state index in [2.05, 4.69) is 10.1 Å². The van der Waals surface area contributed by atoms with Gasteiger partial charge in [0, 0.05) is 6.54 Å². The summed E-state index contributed by atoms with van der Waals surface area (Å²) in [5, 5.41) is 4.45. The van der Waals surface area contributed by atoms with Crippen molar-refractivity contribution in [3.63, 3.8) is 0 Å². The van der Waals surface area contributed by atoms with Crippen molar-refractivity contribution in [2.75, 3.05) is 13.7 Å². The summed E-state index contributed by atoms with van der Waals surface area (Å²) in [6.07, 6.45) is 0.202. The van der Waals surface area contributed by atoms with Crippen LogP contribution in [-0.4, -0.2) is 25.5 Å². The third kappa shape index (κ3) is 3.18. The van der Waals surface area contributed by atoms with Gasteiger partial charge in [-0.25, -0.2) is 0 Å². The van der Waals surface area contributed by atoms with Crippen LogP contribution in [0.2, 0.25) is 0 Å². The van der Waals surface area contributed by atoms with Gasteiger partial charge in [-0.2, -0.15) is 0 Å².